The van der Waals surface area contributed by atoms with Crippen LogP contribution in [-0.4, -0.2) is 15.5 Å². The Morgan fingerprint density at radius 2 is 1.97 bits per heavy atom. The summed E-state index contributed by atoms with van der Waals surface area (Å²) in [5.74, 6) is -1.05. The number of carbonyl (C=O) groups is 1. The molecule has 3 rings (SSSR count). The van der Waals surface area contributed by atoms with Gasteiger partial charge in [0.05, 0.1) is 34.5 Å². The van der Waals surface area contributed by atoms with E-state index in [1.807, 2.05) is 0 Å². The molecule has 0 atom stereocenters. The molecule has 0 fully saturated rings. The van der Waals surface area contributed by atoms with Gasteiger partial charge in [-0.1, -0.05) is 6.07 Å². The molecule has 0 saturated carbocycles. The minimum atomic E-state index is -4.73. The van der Waals surface area contributed by atoms with Gasteiger partial charge in [0.2, 0.25) is 5.91 Å². The third-order valence-electron chi connectivity index (χ3n) is 4.47. The third-order valence-corrected chi connectivity index (χ3v) is 4.47. The minimum absolute atomic E-state index is 0.0542. The van der Waals surface area contributed by atoms with Crippen molar-refractivity contribution in [1.82, 2.24) is 9.55 Å². The van der Waals surface area contributed by atoms with Gasteiger partial charge in [0.25, 0.3) is 0 Å². The predicted octanol–water partition coefficient (Wildman–Crippen LogP) is 4.73. The van der Waals surface area contributed by atoms with Crippen LogP contribution in [0.25, 0.3) is 11.0 Å². The van der Waals surface area contributed by atoms with Crippen molar-refractivity contribution in [3.05, 3.63) is 59.7 Å². The fraction of sp³-hybridized carbons (Fsp3) is 0.250. The Labute approximate surface area is 163 Å². The first-order valence-corrected chi connectivity index (χ1v) is 8.55. The molecule has 0 radical (unpaired) electrons. The van der Waals surface area contributed by atoms with Gasteiger partial charge in [-0.05, 0) is 44.2 Å². The Hall–Kier alpha value is -3.41. The van der Waals surface area contributed by atoms with E-state index in [9.17, 15) is 22.4 Å². The maximum atomic E-state index is 14.1. The summed E-state index contributed by atoms with van der Waals surface area (Å²) >= 11 is 0. The van der Waals surface area contributed by atoms with E-state index in [-0.39, 0.29) is 17.7 Å². The maximum absolute atomic E-state index is 14.1. The largest absolute Gasteiger partial charge is 0.417 e. The Kier molecular flexibility index (Phi) is 5.05. The minimum Gasteiger partial charge on any atom is -0.327 e. The van der Waals surface area contributed by atoms with Crippen LogP contribution in [0, 0.1) is 22.6 Å². The summed E-state index contributed by atoms with van der Waals surface area (Å²) in [5.41, 5.74) is -2.17. The van der Waals surface area contributed by atoms with E-state index in [0.29, 0.717) is 5.52 Å². The van der Waals surface area contributed by atoms with Crippen LogP contribution in [0.5, 0.6) is 0 Å². The van der Waals surface area contributed by atoms with Crippen LogP contribution in [0.4, 0.5) is 23.2 Å². The number of imidazole rings is 1. The number of nitriles is 1. The number of rotatable bonds is 4. The summed E-state index contributed by atoms with van der Waals surface area (Å²) in [6.45, 7) is 3.23. The fourth-order valence-corrected chi connectivity index (χ4v) is 2.95. The average Bonchev–Trinajstić information content (AvgIpc) is 3.04. The van der Waals surface area contributed by atoms with Crippen molar-refractivity contribution in [2.45, 2.75) is 26.6 Å². The van der Waals surface area contributed by atoms with Crippen molar-refractivity contribution in [2.24, 2.45) is 5.41 Å². The second-order valence-electron chi connectivity index (χ2n) is 7.19. The number of para-hydroxylation sites is 1. The highest BCUT2D eigenvalue weighted by molar-refractivity contribution is 5.95. The summed E-state index contributed by atoms with van der Waals surface area (Å²) in [6.07, 6.45) is -3.32. The lowest BCUT2D eigenvalue weighted by molar-refractivity contribution is -0.137. The van der Waals surface area contributed by atoms with Gasteiger partial charge in [0.15, 0.2) is 0 Å². The quantitative estimate of drug-likeness (QED) is 0.639. The number of amides is 1. The topological polar surface area (TPSA) is 70.7 Å². The van der Waals surface area contributed by atoms with Crippen molar-refractivity contribution in [1.29, 1.82) is 5.26 Å². The van der Waals surface area contributed by atoms with Crippen LogP contribution in [0.15, 0.2) is 42.7 Å². The number of carbonyl (C=O) groups excluding carboxylic acids is 1. The monoisotopic (exact) mass is 404 g/mol. The molecule has 0 bridgehead atoms. The number of nitrogens with zero attached hydrogens (tertiary/aromatic N) is 3. The van der Waals surface area contributed by atoms with E-state index >= 15 is 0 Å². The zero-order chi connectivity index (χ0) is 21.4. The molecule has 0 unspecified atom stereocenters. The van der Waals surface area contributed by atoms with E-state index in [4.69, 9.17) is 5.26 Å². The Morgan fingerprint density at radius 1 is 1.24 bits per heavy atom. The van der Waals surface area contributed by atoms with E-state index in [0.717, 1.165) is 12.1 Å². The van der Waals surface area contributed by atoms with Crippen LogP contribution in [-0.2, 0) is 17.5 Å². The third kappa shape index (κ3) is 4.06. The lowest BCUT2D eigenvalue weighted by atomic mass is 9.91. The molecule has 0 saturated heterocycles. The molecule has 1 heterocycles. The average molecular weight is 404 g/mol. The number of fused-ring (bicyclic) bond motifs is 1. The number of alkyl halides is 3. The summed E-state index contributed by atoms with van der Waals surface area (Å²) in [6, 6.07) is 8.88. The molecule has 5 nitrogen and oxygen atoms in total. The number of hydrogen-bond acceptors (Lipinski definition) is 3. The molecule has 1 N–H and O–H groups in total. The Bertz CT molecular complexity index is 1130. The van der Waals surface area contributed by atoms with Crippen molar-refractivity contribution in [3.63, 3.8) is 0 Å². The van der Waals surface area contributed by atoms with Crippen LogP contribution < -0.4 is 5.32 Å². The molecule has 1 amide bonds. The number of hydrogen-bond donors (Lipinski definition) is 1. The highest BCUT2D eigenvalue weighted by Gasteiger charge is 2.35. The fourth-order valence-electron chi connectivity index (χ4n) is 2.95. The van der Waals surface area contributed by atoms with Crippen LogP contribution in [0.2, 0.25) is 0 Å². The van der Waals surface area contributed by atoms with Gasteiger partial charge in [-0.3, -0.25) is 4.79 Å². The first-order valence-electron chi connectivity index (χ1n) is 8.55. The number of halogens is 4. The van der Waals surface area contributed by atoms with E-state index in [1.54, 1.807) is 19.9 Å². The van der Waals surface area contributed by atoms with E-state index < -0.39 is 34.4 Å². The zero-order valence-corrected chi connectivity index (χ0v) is 15.5. The molecule has 150 valence electrons. The van der Waals surface area contributed by atoms with Crippen LogP contribution >= 0.6 is 0 Å². The molecule has 1 aromatic heterocycles. The molecular weight excluding hydrogens is 388 g/mol. The molecule has 0 aliphatic carbocycles. The summed E-state index contributed by atoms with van der Waals surface area (Å²) in [7, 11) is 0. The predicted molar refractivity (Wildman–Crippen MR) is 98.3 cm³/mol. The molecule has 9 heteroatoms. The number of benzene rings is 2. The standard InChI is InChI=1S/C20H16F4N4O/c1-19(2,10-28-11-26-16-5-3-4-15(21)17(16)28)18(29)27-13-7-6-12(9-25)14(8-13)20(22,23)24/h3-8,11H,10H2,1-2H3,(H,27,29). The van der Waals surface area contributed by atoms with Crippen molar-refractivity contribution in [3.8, 4) is 6.07 Å². The first-order chi connectivity index (χ1) is 13.5. The van der Waals surface area contributed by atoms with Gasteiger partial charge in [-0.15, -0.1) is 0 Å². The molecule has 29 heavy (non-hydrogen) atoms. The summed E-state index contributed by atoms with van der Waals surface area (Å²) < 4.78 is 55.0. The van der Waals surface area contributed by atoms with Gasteiger partial charge in [-0.25, -0.2) is 9.37 Å². The Morgan fingerprint density at radius 3 is 2.62 bits per heavy atom. The lowest BCUT2D eigenvalue weighted by Gasteiger charge is -2.25. The second kappa shape index (κ2) is 7.20. The number of nitrogens with one attached hydrogen (secondary N) is 1. The second-order valence-corrected chi connectivity index (χ2v) is 7.19. The highest BCUT2D eigenvalue weighted by Crippen LogP contribution is 2.34. The van der Waals surface area contributed by atoms with E-state index in [2.05, 4.69) is 10.3 Å². The number of anilines is 1. The maximum Gasteiger partial charge on any atom is 0.417 e. The normalized spacial score (nSPS) is 12.0. The molecule has 2 aromatic carbocycles. The van der Waals surface area contributed by atoms with Crippen molar-refractivity contribution < 1.29 is 22.4 Å². The van der Waals surface area contributed by atoms with Gasteiger partial charge >= 0.3 is 6.18 Å². The zero-order valence-electron chi connectivity index (χ0n) is 15.5. The highest BCUT2D eigenvalue weighted by atomic mass is 19.4. The van der Waals surface area contributed by atoms with Gasteiger partial charge in [0.1, 0.15) is 11.3 Å². The SMILES string of the molecule is CC(C)(Cn1cnc2cccc(F)c21)C(=O)Nc1ccc(C#N)c(C(F)(F)F)c1. The van der Waals surface area contributed by atoms with Gasteiger partial charge in [0, 0.05) is 12.2 Å². The smallest absolute Gasteiger partial charge is 0.327 e. The van der Waals surface area contributed by atoms with Crippen LogP contribution in [0.1, 0.15) is 25.0 Å². The van der Waals surface area contributed by atoms with Crippen LogP contribution in [0.3, 0.4) is 0 Å². The van der Waals surface area contributed by atoms with Crippen molar-refractivity contribution >= 4 is 22.6 Å². The van der Waals surface area contributed by atoms with Crippen molar-refractivity contribution in [2.75, 3.05) is 5.32 Å². The molecule has 0 aliphatic heterocycles. The summed E-state index contributed by atoms with van der Waals surface area (Å²) in [5, 5.41) is 11.3. The van der Waals surface area contributed by atoms with E-state index in [1.165, 1.54) is 35.2 Å². The molecule has 0 aliphatic rings. The summed E-state index contributed by atoms with van der Waals surface area (Å²) in [4.78, 5) is 16.8. The lowest BCUT2D eigenvalue weighted by Crippen LogP contribution is -2.34. The molecule has 0 spiro atoms. The Balaban J connectivity index is 1.85. The first kappa shape index (κ1) is 20.3. The number of aromatic nitrogens is 2. The van der Waals surface area contributed by atoms with Gasteiger partial charge in [-0.2, -0.15) is 18.4 Å². The van der Waals surface area contributed by atoms with Gasteiger partial charge < -0.3 is 9.88 Å². The molecular formula is C20H16F4N4O. The molecule has 3 aromatic rings.